The zero-order chi connectivity index (χ0) is 48.1. The molecule has 0 bridgehead atoms. The summed E-state index contributed by atoms with van der Waals surface area (Å²) in [6.45, 7) is -1.20. The molecule has 16 nitrogen and oxygen atoms in total. The van der Waals surface area contributed by atoms with Crippen molar-refractivity contribution in [2.45, 2.75) is 55.3 Å². The Morgan fingerprint density at radius 3 is 1.01 bits per heavy atom. The van der Waals surface area contributed by atoms with Crippen molar-refractivity contribution >= 4 is 35.8 Å². The molecule has 0 radical (unpaired) electrons. The van der Waals surface area contributed by atoms with Gasteiger partial charge in [0, 0.05) is 0 Å². The molecule has 352 valence electrons. The number of carbonyl (C=O) groups is 6. The molecule has 6 aromatic carbocycles. The Morgan fingerprint density at radius 2 is 0.638 bits per heavy atom. The fraction of sp³-hybridized carbons (Fsp3) is 0.208. The molecule has 2 aliphatic rings. The quantitative estimate of drug-likeness (QED) is 0.0820. The number of aliphatic hydroxyl groups is 1. The highest BCUT2D eigenvalue weighted by atomic mass is 16.8. The summed E-state index contributed by atoms with van der Waals surface area (Å²) in [5.41, 5.74) is 0.715. The Morgan fingerprint density at radius 1 is 0.348 bits per heavy atom. The van der Waals surface area contributed by atoms with E-state index < -0.39 is 104 Å². The van der Waals surface area contributed by atoms with Gasteiger partial charge in [0.2, 0.25) is 0 Å². The molecule has 0 aliphatic carbocycles. The van der Waals surface area contributed by atoms with Gasteiger partial charge in [0.25, 0.3) is 0 Å². The van der Waals surface area contributed by atoms with Gasteiger partial charge in [0.1, 0.15) is 18.8 Å². The third-order valence-electron chi connectivity index (χ3n) is 11.0. The maximum atomic E-state index is 13.9. The van der Waals surface area contributed by atoms with E-state index in [-0.39, 0.29) is 33.4 Å². The first-order valence-corrected chi connectivity index (χ1v) is 21.8. The molecule has 0 amide bonds. The first-order valence-electron chi connectivity index (χ1n) is 21.8. The number of aliphatic hydroxyl groups excluding tert-OH is 1. The molecule has 69 heavy (non-hydrogen) atoms. The minimum Gasteiger partial charge on any atom is -0.459 e. The number of hydrogen-bond acceptors (Lipinski definition) is 16. The van der Waals surface area contributed by atoms with Crippen molar-refractivity contribution in [2.75, 3.05) is 13.2 Å². The lowest BCUT2D eigenvalue weighted by Crippen LogP contribution is -2.62. The van der Waals surface area contributed by atoms with Crippen molar-refractivity contribution in [1.82, 2.24) is 0 Å². The summed E-state index contributed by atoms with van der Waals surface area (Å²) in [6, 6.07) is 47.4. The van der Waals surface area contributed by atoms with Crippen LogP contribution in [0.5, 0.6) is 0 Å². The third-order valence-corrected chi connectivity index (χ3v) is 11.0. The molecule has 0 aromatic heterocycles. The van der Waals surface area contributed by atoms with Gasteiger partial charge in [0.15, 0.2) is 43.1 Å². The second-order valence-electron chi connectivity index (χ2n) is 15.6. The van der Waals surface area contributed by atoms with E-state index in [0.717, 1.165) is 0 Å². The van der Waals surface area contributed by atoms with Gasteiger partial charge >= 0.3 is 35.8 Å². The van der Waals surface area contributed by atoms with Crippen LogP contribution < -0.4 is 0 Å². The molecule has 2 aliphatic heterocycles. The number of carbonyl (C=O) groups excluding carboxylic acids is 6. The normalized spacial score (nSPS) is 22.8. The average Bonchev–Trinajstić information content (AvgIpc) is 3.72. The average molecular weight is 937 g/mol. The van der Waals surface area contributed by atoms with Crippen LogP contribution in [0.3, 0.4) is 0 Å². The van der Waals surface area contributed by atoms with E-state index >= 15 is 0 Å². The van der Waals surface area contributed by atoms with E-state index in [2.05, 4.69) is 0 Å². The summed E-state index contributed by atoms with van der Waals surface area (Å²) in [5, 5.41) is 11.7. The van der Waals surface area contributed by atoms with Gasteiger partial charge in [0.05, 0.1) is 40.0 Å². The van der Waals surface area contributed by atoms with Crippen molar-refractivity contribution in [2.24, 2.45) is 0 Å². The predicted molar refractivity (Wildman–Crippen MR) is 240 cm³/mol. The summed E-state index contributed by atoms with van der Waals surface area (Å²) in [5.74, 6) is -5.21. The Bertz CT molecular complexity index is 2670. The van der Waals surface area contributed by atoms with E-state index in [1.54, 1.807) is 109 Å². The van der Waals surface area contributed by atoms with Crippen molar-refractivity contribution in [1.29, 1.82) is 0 Å². The van der Waals surface area contributed by atoms with Crippen molar-refractivity contribution in [3.8, 4) is 0 Å². The van der Waals surface area contributed by atoms with Gasteiger partial charge in [-0.05, 0) is 72.8 Å². The molecular formula is C53H44O16. The number of ether oxygens (including phenoxy) is 9. The van der Waals surface area contributed by atoms with E-state index in [9.17, 15) is 33.9 Å². The van der Waals surface area contributed by atoms with Crippen LogP contribution in [0.2, 0.25) is 0 Å². The lowest BCUT2D eigenvalue weighted by atomic mass is 9.97. The van der Waals surface area contributed by atoms with E-state index in [4.69, 9.17) is 42.6 Å². The number of hydrogen-bond donors (Lipinski definition) is 1. The Balaban J connectivity index is 1.13. The fourth-order valence-corrected chi connectivity index (χ4v) is 7.49. The SMILES string of the molecule is O=C(OC[C@H]1O[C@H](OC[C@H]2O[C@H](O)[C@H](OC(=O)c3ccccc3)[C@@H](OC(=O)c3ccccc3)[C@@H]2OC(=O)c2ccccc2)[C@@H](OC(=O)c2ccccc2)[C@H]1OC(=O)c1ccccc1)c1ccccc1. The maximum absolute atomic E-state index is 13.9. The highest BCUT2D eigenvalue weighted by Crippen LogP contribution is 2.34. The van der Waals surface area contributed by atoms with Gasteiger partial charge in [-0.15, -0.1) is 0 Å². The van der Waals surface area contributed by atoms with Gasteiger partial charge in [-0.3, -0.25) is 0 Å². The summed E-state index contributed by atoms with van der Waals surface area (Å²) in [7, 11) is 0. The number of rotatable bonds is 16. The summed E-state index contributed by atoms with van der Waals surface area (Å²) >= 11 is 0. The Hall–Kier alpha value is -8.02. The molecule has 2 saturated heterocycles. The molecule has 2 fully saturated rings. The highest BCUT2D eigenvalue weighted by molar-refractivity contribution is 5.92. The third kappa shape index (κ3) is 11.9. The minimum atomic E-state index is -2.03. The monoisotopic (exact) mass is 936 g/mol. The molecule has 9 atom stereocenters. The summed E-state index contributed by atoms with van der Waals surface area (Å²) < 4.78 is 54.1. The van der Waals surface area contributed by atoms with Gasteiger partial charge in [-0.2, -0.15) is 0 Å². The van der Waals surface area contributed by atoms with Crippen LogP contribution in [-0.2, 0) is 42.6 Å². The van der Waals surface area contributed by atoms with E-state index in [1.165, 1.54) is 72.8 Å². The largest absolute Gasteiger partial charge is 0.459 e. The molecule has 0 saturated carbocycles. The van der Waals surface area contributed by atoms with Gasteiger partial charge < -0.3 is 47.7 Å². The zero-order valence-corrected chi connectivity index (χ0v) is 36.5. The topological polar surface area (TPSA) is 206 Å². The lowest BCUT2D eigenvalue weighted by Gasteiger charge is -2.43. The summed E-state index contributed by atoms with van der Waals surface area (Å²) in [6.07, 6.45) is -14.8. The maximum Gasteiger partial charge on any atom is 0.338 e. The van der Waals surface area contributed by atoms with Crippen molar-refractivity contribution in [3.63, 3.8) is 0 Å². The molecule has 0 spiro atoms. The molecule has 6 aromatic rings. The molecule has 2 heterocycles. The molecule has 0 unspecified atom stereocenters. The Kier molecular flexibility index (Phi) is 15.6. The highest BCUT2D eigenvalue weighted by Gasteiger charge is 2.55. The molecule has 16 heteroatoms. The van der Waals surface area contributed by atoms with Crippen molar-refractivity contribution < 1.29 is 76.5 Å². The van der Waals surface area contributed by atoms with Crippen LogP contribution in [0, 0.1) is 0 Å². The van der Waals surface area contributed by atoms with E-state index in [1.807, 2.05) is 0 Å². The number of benzene rings is 6. The Labute approximate surface area is 395 Å². The second kappa shape index (κ2) is 22.6. The minimum absolute atomic E-state index is 0.0741. The van der Waals surface area contributed by atoms with Crippen LogP contribution >= 0.6 is 0 Å². The van der Waals surface area contributed by atoms with Gasteiger partial charge in [-0.1, -0.05) is 109 Å². The fourth-order valence-electron chi connectivity index (χ4n) is 7.49. The first kappa shape index (κ1) is 47.5. The van der Waals surface area contributed by atoms with Crippen molar-refractivity contribution in [3.05, 3.63) is 215 Å². The number of esters is 6. The smallest absolute Gasteiger partial charge is 0.338 e. The van der Waals surface area contributed by atoms with E-state index in [0.29, 0.717) is 0 Å². The second-order valence-corrected chi connectivity index (χ2v) is 15.6. The summed E-state index contributed by atoms with van der Waals surface area (Å²) in [4.78, 5) is 81.9. The predicted octanol–water partition coefficient (Wildman–Crippen LogP) is 6.43. The van der Waals surface area contributed by atoms with Crippen LogP contribution in [0.4, 0.5) is 0 Å². The standard InChI is InChI=1S/C53H44O16/c54-46(33-19-7-1-8-20-33)61-31-40-42(66-48(56)35-23-11-3-12-24-35)45(69-51(59)38-29-17-6-18-30-38)53(64-40)62-32-39-41(65-47(55)34-21-9-2-10-22-34)43(67-49(57)36-25-13-4-14-26-36)44(52(60)63-39)68-50(58)37-27-15-5-16-28-37/h1-30,39-45,52-53,60H,31-32H2/t39-,40-,41-,42+,43+,44-,45+,52+,53+/m1/s1. The van der Waals surface area contributed by atoms with Gasteiger partial charge in [-0.25, -0.2) is 28.8 Å². The zero-order valence-electron chi connectivity index (χ0n) is 36.5. The van der Waals surface area contributed by atoms with Crippen LogP contribution in [0.1, 0.15) is 62.1 Å². The molecular weight excluding hydrogens is 893 g/mol. The van der Waals surface area contributed by atoms with Crippen LogP contribution in [-0.4, -0.2) is 109 Å². The molecule has 8 rings (SSSR count). The van der Waals surface area contributed by atoms with Crippen LogP contribution in [0.15, 0.2) is 182 Å². The molecule has 1 N–H and O–H groups in total. The first-order chi connectivity index (χ1) is 33.6. The van der Waals surface area contributed by atoms with Crippen LogP contribution in [0.25, 0.3) is 0 Å². The lowest BCUT2D eigenvalue weighted by molar-refractivity contribution is -0.295.